The Bertz CT molecular complexity index is 1780. The van der Waals surface area contributed by atoms with Gasteiger partial charge in [0, 0.05) is 38.9 Å². The van der Waals surface area contributed by atoms with Gasteiger partial charge in [-0.3, -0.25) is 14.4 Å². The number of para-hydroxylation sites is 1. The van der Waals surface area contributed by atoms with Crippen molar-refractivity contribution in [3.63, 3.8) is 0 Å². The smallest absolute Gasteiger partial charge is 0.185 e. The minimum absolute atomic E-state index is 0.208. The van der Waals surface area contributed by atoms with Crippen LogP contribution in [0.1, 0.15) is 48.1 Å². The number of ketones is 3. The molecule has 0 bridgehead atoms. The summed E-state index contributed by atoms with van der Waals surface area (Å²) in [5.41, 5.74) is 1.63. The molecule has 0 radical (unpaired) electrons. The zero-order valence-corrected chi connectivity index (χ0v) is 23.7. The predicted octanol–water partition coefficient (Wildman–Crippen LogP) is 6.67. The maximum Gasteiger partial charge on any atom is 0.185 e. The second-order valence-electron chi connectivity index (χ2n) is 10.7. The summed E-state index contributed by atoms with van der Waals surface area (Å²) in [6, 6.07) is 25.0. The number of nitrogens with zero attached hydrogens (tertiary/aromatic N) is 1. The number of hydrogen-bond acceptors (Lipinski definition) is 6. The summed E-state index contributed by atoms with van der Waals surface area (Å²) < 4.78 is 11.5. The Morgan fingerprint density at radius 2 is 1.52 bits per heavy atom. The molecule has 0 aromatic heterocycles. The van der Waals surface area contributed by atoms with E-state index in [1.807, 2.05) is 53.5 Å². The molecule has 1 spiro atoms. The fraction of sp³-hybridized carbons (Fsp3) is 0.171. The van der Waals surface area contributed by atoms with Gasteiger partial charge in [-0.25, -0.2) is 0 Å². The molecule has 0 saturated carbocycles. The van der Waals surface area contributed by atoms with Gasteiger partial charge in [0.15, 0.2) is 28.8 Å². The number of rotatable bonds is 5. The first-order valence-electron chi connectivity index (χ1n) is 13.7. The summed E-state index contributed by atoms with van der Waals surface area (Å²) in [5.74, 6) is -0.915. The summed E-state index contributed by atoms with van der Waals surface area (Å²) >= 11 is 6.38. The minimum atomic E-state index is -1.65. The van der Waals surface area contributed by atoms with E-state index in [0.29, 0.717) is 38.8 Å². The van der Waals surface area contributed by atoms with E-state index < -0.39 is 23.4 Å². The van der Waals surface area contributed by atoms with Crippen molar-refractivity contribution in [2.45, 2.75) is 18.0 Å². The van der Waals surface area contributed by atoms with Crippen LogP contribution < -0.4 is 14.4 Å². The van der Waals surface area contributed by atoms with Crippen molar-refractivity contribution >= 4 is 40.7 Å². The third-order valence-corrected chi connectivity index (χ3v) is 9.10. The van der Waals surface area contributed by atoms with Crippen LogP contribution in [0.25, 0.3) is 6.08 Å². The number of carbonyl (C=O) groups excluding carboxylic acids is 3. The van der Waals surface area contributed by atoms with Gasteiger partial charge in [-0.05, 0) is 29.8 Å². The number of ether oxygens (including phenoxy) is 2. The van der Waals surface area contributed by atoms with E-state index in [1.54, 1.807) is 54.6 Å². The number of carbonyl (C=O) groups is 3. The van der Waals surface area contributed by atoms with Crippen LogP contribution in [-0.4, -0.2) is 43.7 Å². The molecular weight excluding hydrogens is 550 g/mol. The zero-order valence-electron chi connectivity index (χ0n) is 22.9. The molecule has 3 atom stereocenters. The highest BCUT2D eigenvalue weighted by atomic mass is 35.5. The second kappa shape index (κ2) is 9.71. The van der Waals surface area contributed by atoms with Crippen molar-refractivity contribution in [1.29, 1.82) is 0 Å². The average molecular weight is 576 g/mol. The van der Waals surface area contributed by atoms with E-state index in [0.717, 1.165) is 11.3 Å². The summed E-state index contributed by atoms with van der Waals surface area (Å²) in [7, 11) is 3.06. The Hall–Kier alpha value is -4.68. The van der Waals surface area contributed by atoms with Crippen molar-refractivity contribution in [3.05, 3.63) is 130 Å². The lowest BCUT2D eigenvalue weighted by Gasteiger charge is -2.37. The topological polar surface area (TPSA) is 72.9 Å². The molecule has 7 heteroatoms. The van der Waals surface area contributed by atoms with Crippen LogP contribution in [0.15, 0.2) is 97.1 Å². The number of halogens is 1. The second-order valence-corrected chi connectivity index (χ2v) is 11.2. The standard InChI is InChI=1S/C35H26ClNO5/c1-41-27-14-8-13-25(32(27)42-2)29-30(31(38)20-9-4-3-5-10-20)37-26-17-16-22(36)19-21(26)15-18-28(37)35(29)33(39)23-11-6-7-12-24(23)34(35)40/h3-19,28-30H,1-2H3/t28?,29-,30+/m0/s1. The van der Waals surface area contributed by atoms with Gasteiger partial charge in [-0.2, -0.15) is 0 Å². The average Bonchev–Trinajstić information content (AvgIpc) is 3.46. The van der Waals surface area contributed by atoms with Gasteiger partial charge in [-0.15, -0.1) is 0 Å². The van der Waals surface area contributed by atoms with Crippen molar-refractivity contribution in [1.82, 2.24) is 0 Å². The molecule has 1 fully saturated rings. The van der Waals surface area contributed by atoms with Gasteiger partial charge in [0.05, 0.1) is 20.3 Å². The molecule has 1 aliphatic carbocycles. The van der Waals surface area contributed by atoms with Crippen molar-refractivity contribution in [3.8, 4) is 11.5 Å². The van der Waals surface area contributed by atoms with Crippen LogP contribution in [0, 0.1) is 5.41 Å². The molecule has 4 aromatic rings. The zero-order chi connectivity index (χ0) is 29.2. The van der Waals surface area contributed by atoms with Gasteiger partial charge in [0.25, 0.3) is 0 Å². The molecule has 1 saturated heterocycles. The lowest BCUT2D eigenvalue weighted by molar-refractivity contribution is 0.0664. The van der Waals surface area contributed by atoms with Gasteiger partial charge < -0.3 is 14.4 Å². The summed E-state index contributed by atoms with van der Waals surface area (Å²) in [5, 5.41) is 0.545. The van der Waals surface area contributed by atoms with Crippen LogP contribution in [0.4, 0.5) is 5.69 Å². The van der Waals surface area contributed by atoms with Crippen molar-refractivity contribution < 1.29 is 23.9 Å². The molecule has 2 heterocycles. The number of anilines is 1. The van der Waals surface area contributed by atoms with E-state index in [1.165, 1.54) is 14.2 Å². The number of Topliss-reactive ketones (excluding diaryl/α,β-unsaturated/α-hetero) is 3. The third kappa shape index (κ3) is 3.42. The quantitative estimate of drug-likeness (QED) is 0.195. The fourth-order valence-electron chi connectivity index (χ4n) is 7.22. The van der Waals surface area contributed by atoms with Gasteiger partial charge in [0.2, 0.25) is 0 Å². The monoisotopic (exact) mass is 575 g/mol. The summed E-state index contributed by atoms with van der Waals surface area (Å²) in [4.78, 5) is 46.3. The van der Waals surface area contributed by atoms with E-state index in [9.17, 15) is 14.4 Å². The number of hydrogen-bond donors (Lipinski definition) is 0. The Morgan fingerprint density at radius 3 is 2.19 bits per heavy atom. The first kappa shape index (κ1) is 26.2. The molecule has 6 nitrogen and oxygen atoms in total. The fourth-order valence-corrected chi connectivity index (χ4v) is 7.40. The lowest BCUT2D eigenvalue weighted by Crippen LogP contribution is -2.48. The summed E-state index contributed by atoms with van der Waals surface area (Å²) in [6.07, 6.45) is 3.77. The highest BCUT2D eigenvalue weighted by Crippen LogP contribution is 2.62. The van der Waals surface area contributed by atoms with E-state index in [4.69, 9.17) is 21.1 Å². The number of benzene rings is 4. The van der Waals surface area contributed by atoms with Crippen LogP contribution >= 0.6 is 11.6 Å². The van der Waals surface area contributed by atoms with E-state index in [2.05, 4.69) is 0 Å². The van der Waals surface area contributed by atoms with Gasteiger partial charge in [-0.1, -0.05) is 90.5 Å². The van der Waals surface area contributed by atoms with Crippen molar-refractivity contribution in [2.75, 3.05) is 19.1 Å². The SMILES string of the molecule is COc1cccc([C@H]2[C@H](C(=O)c3ccccc3)N3c4ccc(Cl)cc4C=CC3C23C(=O)c2ccccc2C3=O)c1OC. The Labute approximate surface area is 248 Å². The molecule has 2 aliphatic heterocycles. The van der Waals surface area contributed by atoms with E-state index >= 15 is 0 Å². The molecule has 0 N–H and O–H groups in total. The highest BCUT2D eigenvalue weighted by molar-refractivity contribution is 6.33. The normalized spacial score (nSPS) is 21.2. The van der Waals surface area contributed by atoms with Crippen LogP contribution in [-0.2, 0) is 0 Å². The minimum Gasteiger partial charge on any atom is -0.493 e. The van der Waals surface area contributed by atoms with Crippen molar-refractivity contribution in [2.24, 2.45) is 5.41 Å². The predicted molar refractivity (Wildman–Crippen MR) is 161 cm³/mol. The largest absolute Gasteiger partial charge is 0.493 e. The van der Waals surface area contributed by atoms with Crippen LogP contribution in [0.2, 0.25) is 5.02 Å². The molecule has 4 aromatic carbocycles. The Kier molecular flexibility index (Phi) is 6.06. The molecule has 42 heavy (non-hydrogen) atoms. The molecule has 7 rings (SSSR count). The Balaban J connectivity index is 1.59. The first-order valence-corrected chi connectivity index (χ1v) is 14.1. The molecule has 208 valence electrons. The van der Waals surface area contributed by atoms with Gasteiger partial charge in [0.1, 0.15) is 11.5 Å². The van der Waals surface area contributed by atoms with Gasteiger partial charge >= 0.3 is 0 Å². The third-order valence-electron chi connectivity index (χ3n) is 8.86. The molecular formula is C35H26ClNO5. The Morgan fingerprint density at radius 1 is 0.833 bits per heavy atom. The maximum atomic E-state index is 14.8. The first-order chi connectivity index (χ1) is 20.4. The summed E-state index contributed by atoms with van der Waals surface area (Å²) in [6.45, 7) is 0. The van der Waals surface area contributed by atoms with Crippen LogP contribution in [0.3, 0.4) is 0 Å². The maximum absolute atomic E-state index is 14.8. The van der Waals surface area contributed by atoms with E-state index in [-0.39, 0.29) is 17.3 Å². The number of methoxy groups -OCH3 is 2. The molecule has 0 amide bonds. The molecule has 1 unspecified atom stereocenters. The highest BCUT2D eigenvalue weighted by Gasteiger charge is 2.72. The van der Waals surface area contributed by atoms with Crippen LogP contribution in [0.5, 0.6) is 11.5 Å². The number of fused-ring (bicyclic) bond motifs is 5. The molecule has 3 aliphatic rings. The lowest BCUT2D eigenvalue weighted by atomic mass is 9.64.